The minimum Gasteiger partial charge on any atom is -0.496 e. The molecule has 0 spiro atoms. The fourth-order valence-corrected chi connectivity index (χ4v) is 3.91. The number of benzene rings is 1. The summed E-state index contributed by atoms with van der Waals surface area (Å²) in [5.41, 5.74) is 1.83. The Morgan fingerprint density at radius 3 is 2.90 bits per heavy atom. The van der Waals surface area contributed by atoms with Gasteiger partial charge in [-0.15, -0.1) is 0 Å². The van der Waals surface area contributed by atoms with Crippen LogP contribution in [-0.2, 0) is 6.42 Å². The van der Waals surface area contributed by atoms with Crippen molar-refractivity contribution in [2.75, 3.05) is 13.7 Å². The van der Waals surface area contributed by atoms with Gasteiger partial charge in [-0.3, -0.25) is 0 Å². The molecule has 0 heterocycles. The molecule has 1 aliphatic rings. The zero-order valence-corrected chi connectivity index (χ0v) is 14.4. The molecular formula is C17H26BrNO. The molecule has 2 unspecified atom stereocenters. The monoisotopic (exact) mass is 339 g/mol. The van der Waals surface area contributed by atoms with Gasteiger partial charge in [-0.05, 0) is 77.7 Å². The van der Waals surface area contributed by atoms with Crippen molar-refractivity contribution in [1.29, 1.82) is 0 Å². The minimum atomic E-state index is 0.430. The number of hydrogen-bond acceptors (Lipinski definition) is 2. The SMILES string of the molecule is CCCNC1CCC(C)(Cc2ccc(OC)c(Br)c2)C1. The van der Waals surface area contributed by atoms with Gasteiger partial charge in [0.25, 0.3) is 0 Å². The van der Waals surface area contributed by atoms with Crippen LogP contribution < -0.4 is 10.1 Å². The Kier molecular flexibility index (Phi) is 5.50. The molecule has 0 aliphatic heterocycles. The van der Waals surface area contributed by atoms with Crippen LogP contribution in [-0.4, -0.2) is 19.7 Å². The second-order valence-corrected chi connectivity index (χ2v) is 7.20. The van der Waals surface area contributed by atoms with Crippen molar-refractivity contribution in [3.05, 3.63) is 28.2 Å². The smallest absolute Gasteiger partial charge is 0.133 e. The topological polar surface area (TPSA) is 21.3 Å². The van der Waals surface area contributed by atoms with E-state index in [4.69, 9.17) is 4.74 Å². The summed E-state index contributed by atoms with van der Waals surface area (Å²) in [7, 11) is 1.71. The number of ether oxygens (including phenoxy) is 1. The van der Waals surface area contributed by atoms with Crippen LogP contribution >= 0.6 is 15.9 Å². The highest BCUT2D eigenvalue weighted by molar-refractivity contribution is 9.10. The maximum atomic E-state index is 5.30. The highest BCUT2D eigenvalue weighted by atomic mass is 79.9. The number of rotatable bonds is 6. The Morgan fingerprint density at radius 1 is 1.45 bits per heavy atom. The largest absolute Gasteiger partial charge is 0.496 e. The molecule has 0 aromatic heterocycles. The second kappa shape index (κ2) is 6.95. The molecular weight excluding hydrogens is 314 g/mol. The molecule has 1 saturated carbocycles. The predicted molar refractivity (Wildman–Crippen MR) is 88.4 cm³/mol. The third-order valence-electron chi connectivity index (χ3n) is 4.37. The van der Waals surface area contributed by atoms with E-state index in [9.17, 15) is 0 Å². The normalized spacial score (nSPS) is 25.9. The van der Waals surface area contributed by atoms with Crippen LogP contribution in [0, 0.1) is 5.41 Å². The summed E-state index contributed by atoms with van der Waals surface area (Å²) in [5, 5.41) is 3.67. The van der Waals surface area contributed by atoms with Crippen molar-refractivity contribution in [1.82, 2.24) is 5.32 Å². The van der Waals surface area contributed by atoms with Crippen molar-refractivity contribution in [2.45, 2.75) is 52.0 Å². The highest BCUT2D eigenvalue weighted by Crippen LogP contribution is 2.41. The van der Waals surface area contributed by atoms with E-state index in [2.05, 4.69) is 53.3 Å². The first-order chi connectivity index (χ1) is 9.56. The fraction of sp³-hybridized carbons (Fsp3) is 0.647. The first kappa shape index (κ1) is 15.8. The van der Waals surface area contributed by atoms with Gasteiger partial charge in [-0.1, -0.05) is 19.9 Å². The van der Waals surface area contributed by atoms with Crippen molar-refractivity contribution in [3.8, 4) is 5.75 Å². The maximum absolute atomic E-state index is 5.30. The molecule has 20 heavy (non-hydrogen) atoms. The number of halogens is 1. The predicted octanol–water partition coefficient (Wildman–Crippen LogP) is 4.56. The molecule has 2 rings (SSSR count). The molecule has 0 saturated heterocycles. The van der Waals surface area contributed by atoms with Crippen LogP contribution in [0.3, 0.4) is 0 Å². The van der Waals surface area contributed by atoms with Crippen LogP contribution in [0.25, 0.3) is 0 Å². The summed E-state index contributed by atoms with van der Waals surface area (Å²) in [6.07, 6.45) is 6.29. The highest BCUT2D eigenvalue weighted by Gasteiger charge is 2.34. The van der Waals surface area contributed by atoms with E-state index in [1.54, 1.807) is 7.11 Å². The Bertz CT molecular complexity index is 449. The van der Waals surface area contributed by atoms with Crippen LogP contribution in [0.15, 0.2) is 22.7 Å². The molecule has 112 valence electrons. The van der Waals surface area contributed by atoms with Crippen molar-refractivity contribution in [3.63, 3.8) is 0 Å². The number of methoxy groups -OCH3 is 1. The van der Waals surface area contributed by atoms with Crippen LogP contribution in [0.4, 0.5) is 0 Å². The molecule has 1 aromatic rings. The molecule has 0 bridgehead atoms. The first-order valence-corrected chi connectivity index (χ1v) is 8.41. The third kappa shape index (κ3) is 3.98. The molecule has 0 amide bonds. The molecule has 2 atom stereocenters. The summed E-state index contributed by atoms with van der Waals surface area (Å²) in [5.74, 6) is 0.910. The molecule has 1 aromatic carbocycles. The van der Waals surface area contributed by atoms with Gasteiger partial charge < -0.3 is 10.1 Å². The fourth-order valence-electron chi connectivity index (χ4n) is 3.32. The Hall–Kier alpha value is -0.540. The van der Waals surface area contributed by atoms with E-state index in [0.717, 1.165) is 23.2 Å². The zero-order chi connectivity index (χ0) is 14.6. The van der Waals surface area contributed by atoms with Crippen LogP contribution in [0.2, 0.25) is 0 Å². The summed E-state index contributed by atoms with van der Waals surface area (Å²) in [6.45, 7) is 5.81. The average molecular weight is 340 g/mol. The zero-order valence-electron chi connectivity index (χ0n) is 12.8. The van der Waals surface area contributed by atoms with Gasteiger partial charge in [-0.25, -0.2) is 0 Å². The van der Waals surface area contributed by atoms with Gasteiger partial charge in [0.1, 0.15) is 5.75 Å². The lowest BCUT2D eigenvalue weighted by Crippen LogP contribution is -2.28. The Labute approximate surface area is 131 Å². The summed E-state index contributed by atoms with van der Waals surface area (Å²) in [4.78, 5) is 0. The van der Waals surface area contributed by atoms with E-state index >= 15 is 0 Å². The molecule has 0 radical (unpaired) electrons. The van der Waals surface area contributed by atoms with E-state index in [1.807, 2.05) is 0 Å². The van der Waals surface area contributed by atoms with Crippen molar-refractivity contribution >= 4 is 15.9 Å². The van der Waals surface area contributed by atoms with Gasteiger partial charge in [0.15, 0.2) is 0 Å². The molecule has 1 aliphatic carbocycles. The van der Waals surface area contributed by atoms with E-state index < -0.39 is 0 Å². The van der Waals surface area contributed by atoms with Crippen molar-refractivity contribution in [2.24, 2.45) is 5.41 Å². The first-order valence-electron chi connectivity index (χ1n) is 7.62. The number of hydrogen-bond donors (Lipinski definition) is 1. The van der Waals surface area contributed by atoms with E-state index in [0.29, 0.717) is 11.5 Å². The standard InChI is InChI=1S/C17H26BrNO/c1-4-9-19-14-7-8-17(2,12-14)11-13-5-6-16(20-3)15(18)10-13/h5-6,10,14,19H,4,7-9,11-12H2,1-3H3. The Morgan fingerprint density at radius 2 is 2.25 bits per heavy atom. The van der Waals surface area contributed by atoms with E-state index in [1.165, 1.54) is 31.2 Å². The van der Waals surface area contributed by atoms with Gasteiger partial charge in [0.05, 0.1) is 11.6 Å². The average Bonchev–Trinajstić information content (AvgIpc) is 2.78. The Balaban J connectivity index is 1.97. The molecule has 3 heteroatoms. The van der Waals surface area contributed by atoms with E-state index in [-0.39, 0.29) is 0 Å². The van der Waals surface area contributed by atoms with Gasteiger partial charge >= 0.3 is 0 Å². The summed E-state index contributed by atoms with van der Waals surface area (Å²) >= 11 is 3.58. The molecule has 1 fully saturated rings. The summed E-state index contributed by atoms with van der Waals surface area (Å²) < 4.78 is 6.35. The van der Waals surface area contributed by atoms with Crippen molar-refractivity contribution < 1.29 is 4.74 Å². The quantitative estimate of drug-likeness (QED) is 0.820. The maximum Gasteiger partial charge on any atom is 0.133 e. The number of nitrogens with one attached hydrogen (secondary N) is 1. The van der Waals surface area contributed by atoms with Crippen LogP contribution in [0.5, 0.6) is 5.75 Å². The third-order valence-corrected chi connectivity index (χ3v) is 4.99. The molecule has 1 N–H and O–H groups in total. The summed E-state index contributed by atoms with van der Waals surface area (Å²) in [6, 6.07) is 7.17. The van der Waals surface area contributed by atoms with Gasteiger partial charge in [0, 0.05) is 6.04 Å². The lowest BCUT2D eigenvalue weighted by molar-refractivity contribution is 0.321. The lowest BCUT2D eigenvalue weighted by Gasteiger charge is -2.25. The minimum absolute atomic E-state index is 0.430. The second-order valence-electron chi connectivity index (χ2n) is 6.35. The van der Waals surface area contributed by atoms with Crippen LogP contribution in [0.1, 0.15) is 45.1 Å². The van der Waals surface area contributed by atoms with Gasteiger partial charge in [0.2, 0.25) is 0 Å². The molecule has 2 nitrogen and oxygen atoms in total. The lowest BCUT2D eigenvalue weighted by atomic mass is 9.82. The van der Waals surface area contributed by atoms with Gasteiger partial charge in [-0.2, -0.15) is 0 Å².